The average molecular weight is 333 g/mol. The van der Waals surface area contributed by atoms with E-state index in [9.17, 15) is 0 Å². The highest BCUT2D eigenvalue weighted by Gasteiger charge is 2.37. The zero-order valence-corrected chi connectivity index (χ0v) is 13.8. The van der Waals surface area contributed by atoms with E-state index in [0.717, 1.165) is 18.2 Å². The Morgan fingerprint density at radius 3 is 1.89 bits per heavy atom. The van der Waals surface area contributed by atoms with Gasteiger partial charge in [0.05, 0.1) is 0 Å². The lowest BCUT2D eigenvalue weighted by atomic mass is 10.1. The van der Waals surface area contributed by atoms with Crippen molar-refractivity contribution in [1.82, 2.24) is 0 Å². The predicted octanol–water partition coefficient (Wildman–Crippen LogP) is 2.97. The monoisotopic (exact) mass is 332 g/mol. The van der Waals surface area contributed by atoms with Gasteiger partial charge in [0, 0.05) is 32.7 Å². The van der Waals surface area contributed by atoms with Crippen molar-refractivity contribution in [2.24, 2.45) is 0 Å². The normalized spacial score (nSPS) is 11.8. The number of hydrogen-bond acceptors (Lipinski definition) is 3. The summed E-state index contributed by atoms with van der Waals surface area (Å²) in [5.41, 5.74) is 2.55. The number of halogens is 1. The van der Waals surface area contributed by atoms with E-state index < -0.39 is 8.80 Å². The van der Waals surface area contributed by atoms with Gasteiger partial charge in [-0.25, -0.2) is 0 Å². The average Bonchev–Trinajstić information content (AvgIpc) is 2.44. The summed E-state index contributed by atoms with van der Waals surface area (Å²) in [4.78, 5) is 0. The maximum atomic E-state index is 5.42. The summed E-state index contributed by atoms with van der Waals surface area (Å²) in [6, 6.07) is 9.29. The Bertz CT molecular complexity index is 330. The maximum Gasteiger partial charge on any atom is 0.504 e. The minimum absolute atomic E-state index is 0.704. The largest absolute Gasteiger partial charge is 0.504 e. The smallest absolute Gasteiger partial charge is 0.377 e. The van der Waals surface area contributed by atoms with Crippen molar-refractivity contribution < 1.29 is 13.3 Å². The molecule has 1 aromatic carbocycles. The minimum Gasteiger partial charge on any atom is -0.377 e. The lowest BCUT2D eigenvalue weighted by Crippen LogP contribution is -2.45. The van der Waals surface area contributed by atoms with Gasteiger partial charge >= 0.3 is 8.80 Å². The molecule has 102 valence electrons. The van der Waals surface area contributed by atoms with Gasteiger partial charge < -0.3 is 13.3 Å². The van der Waals surface area contributed by atoms with Crippen LogP contribution in [0.2, 0.25) is 0 Å². The molecule has 0 aliphatic heterocycles. The van der Waals surface area contributed by atoms with E-state index in [1.54, 1.807) is 21.3 Å². The third-order valence-electron chi connectivity index (χ3n) is 2.98. The Morgan fingerprint density at radius 1 is 0.944 bits per heavy atom. The minimum atomic E-state index is -2.51. The van der Waals surface area contributed by atoms with Gasteiger partial charge in [-0.3, -0.25) is 0 Å². The number of rotatable bonds is 8. The first-order valence-electron chi connectivity index (χ1n) is 5.99. The Morgan fingerprint density at radius 2 is 1.44 bits per heavy atom. The second-order valence-corrected chi connectivity index (χ2v) is 7.82. The molecular weight excluding hydrogens is 312 g/mol. The fourth-order valence-electron chi connectivity index (χ4n) is 1.81. The molecule has 0 aliphatic rings. The highest BCUT2D eigenvalue weighted by Crippen LogP contribution is 2.16. The Kier molecular flexibility index (Phi) is 7.10. The van der Waals surface area contributed by atoms with Crippen LogP contribution < -0.4 is 0 Å². The summed E-state index contributed by atoms with van der Waals surface area (Å²) in [6.07, 6.45) is 2.26. The van der Waals surface area contributed by atoms with E-state index >= 15 is 0 Å². The molecule has 0 saturated carbocycles. The van der Waals surface area contributed by atoms with E-state index in [2.05, 4.69) is 40.2 Å². The van der Waals surface area contributed by atoms with E-state index in [0.29, 0.717) is 6.04 Å². The fourth-order valence-corrected chi connectivity index (χ4v) is 3.76. The second kappa shape index (κ2) is 8.07. The van der Waals surface area contributed by atoms with Gasteiger partial charge in [-0.2, -0.15) is 0 Å². The molecule has 1 rings (SSSR count). The molecule has 0 atom stereocenters. The van der Waals surface area contributed by atoms with E-state index in [-0.39, 0.29) is 0 Å². The van der Waals surface area contributed by atoms with Crippen LogP contribution in [0.3, 0.4) is 0 Å². The summed E-state index contributed by atoms with van der Waals surface area (Å²) in [7, 11) is 2.42. The molecule has 0 unspecified atom stereocenters. The lowest BCUT2D eigenvalue weighted by Gasteiger charge is -2.24. The Hall–Kier alpha value is -0.203. The van der Waals surface area contributed by atoms with E-state index in [1.807, 2.05) is 0 Å². The molecule has 3 nitrogen and oxygen atoms in total. The third-order valence-corrected chi connectivity index (χ3v) is 6.24. The van der Waals surface area contributed by atoms with Crippen molar-refractivity contribution in [2.45, 2.75) is 18.9 Å². The molecule has 0 heterocycles. The number of benzene rings is 1. The molecule has 0 bridgehead atoms. The van der Waals surface area contributed by atoms with Crippen LogP contribution in [-0.2, 0) is 25.7 Å². The molecule has 0 aliphatic carbocycles. The number of alkyl halides is 1. The molecule has 0 spiro atoms. The molecule has 0 N–H and O–H groups in total. The van der Waals surface area contributed by atoms with Crippen LogP contribution in [0.15, 0.2) is 24.3 Å². The third kappa shape index (κ3) is 4.48. The molecule has 0 fully saturated rings. The number of hydrogen-bond donors (Lipinski definition) is 0. The summed E-state index contributed by atoms with van der Waals surface area (Å²) in [6.45, 7) is 0. The standard InChI is InChI=1S/C13H21BrO3Si/c1-15-18(16-2,17-3)11-13-8-6-12(7-9-13)5-4-10-14/h6-9H,4-5,10-11H2,1-3H3. The van der Waals surface area contributed by atoms with Gasteiger partial charge in [0.15, 0.2) is 0 Å². The molecule has 5 heteroatoms. The lowest BCUT2D eigenvalue weighted by molar-refractivity contribution is 0.122. The van der Waals surface area contributed by atoms with Crippen LogP contribution >= 0.6 is 15.9 Å². The molecule has 0 radical (unpaired) electrons. The van der Waals surface area contributed by atoms with Crippen LogP contribution in [0, 0.1) is 0 Å². The summed E-state index contributed by atoms with van der Waals surface area (Å²) < 4.78 is 16.3. The van der Waals surface area contributed by atoms with Gasteiger partial charge in [0.25, 0.3) is 0 Å². The predicted molar refractivity (Wildman–Crippen MR) is 79.0 cm³/mol. The van der Waals surface area contributed by atoms with Gasteiger partial charge in [-0.05, 0) is 24.0 Å². The van der Waals surface area contributed by atoms with Crippen molar-refractivity contribution in [2.75, 3.05) is 26.7 Å². The Labute approximate surface area is 119 Å². The van der Waals surface area contributed by atoms with Crippen LogP contribution in [0.25, 0.3) is 0 Å². The van der Waals surface area contributed by atoms with Gasteiger partial charge in [-0.15, -0.1) is 0 Å². The molecule has 18 heavy (non-hydrogen) atoms. The van der Waals surface area contributed by atoms with Crippen molar-refractivity contribution in [3.63, 3.8) is 0 Å². The topological polar surface area (TPSA) is 27.7 Å². The van der Waals surface area contributed by atoms with Crippen LogP contribution in [0.5, 0.6) is 0 Å². The SMILES string of the molecule is CO[Si](Cc1ccc(CCCBr)cc1)(OC)OC. The zero-order chi connectivity index (χ0) is 13.4. The van der Waals surface area contributed by atoms with E-state index in [4.69, 9.17) is 13.3 Å². The number of aryl methyl sites for hydroxylation is 1. The molecule has 0 saturated heterocycles. The first-order chi connectivity index (χ1) is 8.69. The maximum absolute atomic E-state index is 5.42. The second-order valence-electron chi connectivity index (χ2n) is 4.08. The van der Waals surface area contributed by atoms with Crippen LogP contribution in [0.1, 0.15) is 17.5 Å². The van der Waals surface area contributed by atoms with Crippen molar-refractivity contribution in [1.29, 1.82) is 0 Å². The zero-order valence-electron chi connectivity index (χ0n) is 11.2. The fraction of sp³-hybridized carbons (Fsp3) is 0.538. The molecular formula is C13H21BrO3Si. The molecule has 0 amide bonds. The van der Waals surface area contributed by atoms with E-state index in [1.165, 1.54) is 11.1 Å². The van der Waals surface area contributed by atoms with Crippen LogP contribution in [0.4, 0.5) is 0 Å². The summed E-state index contributed by atoms with van der Waals surface area (Å²) in [5, 5.41) is 1.04. The van der Waals surface area contributed by atoms with Gasteiger partial charge in [0.1, 0.15) is 0 Å². The molecule has 0 aromatic heterocycles. The summed E-state index contributed by atoms with van der Waals surface area (Å²) in [5.74, 6) is 0. The molecule has 1 aromatic rings. The summed E-state index contributed by atoms with van der Waals surface area (Å²) >= 11 is 3.45. The van der Waals surface area contributed by atoms with Gasteiger partial charge in [0.2, 0.25) is 0 Å². The first kappa shape index (κ1) is 15.9. The highest BCUT2D eigenvalue weighted by atomic mass is 79.9. The van der Waals surface area contributed by atoms with Gasteiger partial charge in [-0.1, -0.05) is 40.2 Å². The van der Waals surface area contributed by atoms with Crippen molar-refractivity contribution in [3.05, 3.63) is 35.4 Å². The van der Waals surface area contributed by atoms with Crippen LogP contribution in [-0.4, -0.2) is 35.5 Å². The quantitative estimate of drug-likeness (QED) is 0.541. The van der Waals surface area contributed by atoms with Crippen molar-refractivity contribution in [3.8, 4) is 0 Å². The highest BCUT2D eigenvalue weighted by molar-refractivity contribution is 9.09. The first-order valence-corrected chi connectivity index (χ1v) is 9.04. The Balaban J connectivity index is 2.67. The van der Waals surface area contributed by atoms with Crippen molar-refractivity contribution >= 4 is 24.7 Å².